The topological polar surface area (TPSA) is 75.3 Å². The van der Waals surface area contributed by atoms with Crippen LogP contribution in [0.1, 0.15) is 21.5 Å². The average molecular weight is 360 g/mol. The van der Waals surface area contributed by atoms with E-state index in [-0.39, 0.29) is 11.3 Å². The zero-order valence-electron chi connectivity index (χ0n) is 13.1. The molecule has 3 amide bonds. The first-order valence-electron chi connectivity index (χ1n) is 7.41. The molecule has 0 radical (unpaired) electrons. The summed E-state index contributed by atoms with van der Waals surface area (Å²) >= 11 is 0. The predicted octanol–water partition coefficient (Wildman–Crippen LogP) is 3.00. The van der Waals surface area contributed by atoms with Crippen LogP contribution in [-0.2, 0) is 9.59 Å². The number of hydrogen-bond acceptors (Lipinski definition) is 3. The molecule has 0 saturated carbocycles. The predicted molar refractivity (Wildman–Crippen MR) is 87.9 cm³/mol. The van der Waals surface area contributed by atoms with Crippen molar-refractivity contribution in [3.63, 3.8) is 0 Å². The van der Waals surface area contributed by atoms with Gasteiger partial charge in [0, 0.05) is 16.8 Å². The van der Waals surface area contributed by atoms with Gasteiger partial charge in [-0.25, -0.2) is 0 Å². The standard InChI is InChI=1S/C18H11F3N2O3/c19-18(20,21)17(26)22-11-5-3-4-10(8-11)9-14-12-6-1-2-7-13(12)15(24)23-16(14)25/h1-9H,(H,22,26)(H,23,24,25). The second kappa shape index (κ2) is 6.47. The van der Waals surface area contributed by atoms with Crippen molar-refractivity contribution >= 4 is 35.1 Å². The molecule has 0 aliphatic carbocycles. The minimum absolute atomic E-state index is 0.0674. The van der Waals surface area contributed by atoms with E-state index >= 15 is 0 Å². The summed E-state index contributed by atoms with van der Waals surface area (Å²) in [5.41, 5.74) is 1.26. The van der Waals surface area contributed by atoms with Crippen LogP contribution < -0.4 is 10.6 Å². The summed E-state index contributed by atoms with van der Waals surface area (Å²) in [4.78, 5) is 35.0. The third-order valence-electron chi connectivity index (χ3n) is 3.65. The highest BCUT2D eigenvalue weighted by Crippen LogP contribution is 2.27. The molecule has 2 aromatic carbocycles. The molecule has 5 nitrogen and oxygen atoms in total. The molecular formula is C18H11F3N2O3. The molecule has 2 aromatic rings. The Morgan fingerprint density at radius 3 is 2.35 bits per heavy atom. The maximum Gasteiger partial charge on any atom is 0.471 e. The quantitative estimate of drug-likeness (QED) is 0.639. The fourth-order valence-corrected chi connectivity index (χ4v) is 2.49. The highest BCUT2D eigenvalue weighted by atomic mass is 19.4. The average Bonchev–Trinajstić information content (AvgIpc) is 2.58. The zero-order chi connectivity index (χ0) is 18.9. The van der Waals surface area contributed by atoms with Crippen LogP contribution in [0.15, 0.2) is 48.5 Å². The summed E-state index contributed by atoms with van der Waals surface area (Å²) in [6, 6.07) is 12.1. The number of benzene rings is 2. The van der Waals surface area contributed by atoms with Gasteiger partial charge >= 0.3 is 12.1 Å². The minimum atomic E-state index is -5.00. The number of anilines is 1. The Morgan fingerprint density at radius 1 is 0.962 bits per heavy atom. The molecule has 1 heterocycles. The highest BCUT2D eigenvalue weighted by Gasteiger charge is 2.38. The molecule has 1 aliphatic rings. The first kappa shape index (κ1) is 17.4. The summed E-state index contributed by atoms with van der Waals surface area (Å²) in [5.74, 6) is -3.22. The number of carbonyl (C=O) groups excluding carboxylic acids is 3. The van der Waals surface area contributed by atoms with Crippen LogP contribution in [0.2, 0.25) is 0 Å². The van der Waals surface area contributed by atoms with Gasteiger partial charge in [0.15, 0.2) is 0 Å². The van der Waals surface area contributed by atoms with E-state index in [4.69, 9.17) is 0 Å². The Morgan fingerprint density at radius 2 is 1.65 bits per heavy atom. The summed E-state index contributed by atoms with van der Waals surface area (Å²) in [7, 11) is 0. The summed E-state index contributed by atoms with van der Waals surface area (Å²) in [6.45, 7) is 0. The van der Waals surface area contributed by atoms with Crippen LogP contribution in [-0.4, -0.2) is 23.9 Å². The Kier molecular flexibility index (Phi) is 4.33. The number of hydrogen-bond donors (Lipinski definition) is 2. The second-order valence-electron chi connectivity index (χ2n) is 5.46. The van der Waals surface area contributed by atoms with Crippen molar-refractivity contribution in [2.75, 3.05) is 5.32 Å². The lowest BCUT2D eigenvalue weighted by Crippen LogP contribution is -2.36. The normalized spacial score (nSPS) is 15.4. The van der Waals surface area contributed by atoms with Gasteiger partial charge in [0.25, 0.3) is 11.8 Å². The number of amides is 3. The highest BCUT2D eigenvalue weighted by molar-refractivity contribution is 6.33. The maximum absolute atomic E-state index is 12.4. The summed E-state index contributed by atoms with van der Waals surface area (Å²) < 4.78 is 37.1. The van der Waals surface area contributed by atoms with Gasteiger partial charge < -0.3 is 5.32 Å². The molecule has 0 spiro atoms. The van der Waals surface area contributed by atoms with E-state index in [2.05, 4.69) is 5.32 Å². The van der Waals surface area contributed by atoms with E-state index in [9.17, 15) is 27.6 Å². The fourth-order valence-electron chi connectivity index (χ4n) is 2.49. The van der Waals surface area contributed by atoms with E-state index in [1.165, 1.54) is 24.3 Å². The Labute approximate surface area is 145 Å². The molecule has 2 N–H and O–H groups in total. The molecule has 26 heavy (non-hydrogen) atoms. The summed E-state index contributed by atoms with van der Waals surface area (Å²) in [6.07, 6.45) is -3.57. The first-order chi connectivity index (χ1) is 12.3. The Bertz CT molecular complexity index is 949. The van der Waals surface area contributed by atoms with Crippen molar-refractivity contribution in [2.45, 2.75) is 6.18 Å². The second-order valence-corrected chi connectivity index (χ2v) is 5.46. The Hall–Kier alpha value is -3.42. The molecule has 0 aromatic heterocycles. The minimum Gasteiger partial charge on any atom is -0.318 e. The zero-order valence-corrected chi connectivity index (χ0v) is 13.1. The van der Waals surface area contributed by atoms with E-state index in [1.54, 1.807) is 35.6 Å². The number of nitrogens with one attached hydrogen (secondary N) is 2. The van der Waals surface area contributed by atoms with Crippen molar-refractivity contribution < 1.29 is 27.6 Å². The Balaban J connectivity index is 1.97. The monoisotopic (exact) mass is 360 g/mol. The van der Waals surface area contributed by atoms with Crippen molar-refractivity contribution in [1.82, 2.24) is 5.32 Å². The molecule has 3 rings (SSSR count). The lowest BCUT2D eigenvalue weighted by molar-refractivity contribution is -0.167. The van der Waals surface area contributed by atoms with Gasteiger partial charge in [-0.05, 0) is 35.4 Å². The first-order valence-corrected chi connectivity index (χ1v) is 7.41. The number of carbonyl (C=O) groups is 3. The lowest BCUT2D eigenvalue weighted by atomic mass is 9.93. The van der Waals surface area contributed by atoms with Crippen molar-refractivity contribution in [3.8, 4) is 0 Å². The SMILES string of the molecule is O=C1NC(=O)c2ccccc2C1=Cc1cccc(NC(=O)C(F)(F)F)c1. The van der Waals surface area contributed by atoms with Gasteiger partial charge in [-0.3, -0.25) is 19.7 Å². The molecular weight excluding hydrogens is 349 g/mol. The largest absolute Gasteiger partial charge is 0.471 e. The molecule has 0 unspecified atom stereocenters. The molecule has 8 heteroatoms. The molecule has 0 saturated heterocycles. The number of halogens is 3. The lowest BCUT2D eigenvalue weighted by Gasteiger charge is -2.18. The van der Waals surface area contributed by atoms with E-state index in [0.717, 1.165) is 0 Å². The van der Waals surface area contributed by atoms with Crippen LogP contribution in [0.25, 0.3) is 11.6 Å². The third-order valence-corrected chi connectivity index (χ3v) is 3.65. The van der Waals surface area contributed by atoms with Gasteiger partial charge in [0.05, 0.1) is 0 Å². The van der Waals surface area contributed by atoms with E-state index in [1.807, 2.05) is 0 Å². The van der Waals surface area contributed by atoms with Crippen LogP contribution in [0, 0.1) is 0 Å². The van der Waals surface area contributed by atoms with Gasteiger partial charge in [-0.15, -0.1) is 0 Å². The van der Waals surface area contributed by atoms with Gasteiger partial charge in [-0.2, -0.15) is 13.2 Å². The van der Waals surface area contributed by atoms with Crippen LogP contribution in [0.5, 0.6) is 0 Å². The number of alkyl halides is 3. The van der Waals surface area contributed by atoms with Gasteiger partial charge in [0.1, 0.15) is 0 Å². The smallest absolute Gasteiger partial charge is 0.318 e. The maximum atomic E-state index is 12.4. The van der Waals surface area contributed by atoms with Crippen molar-refractivity contribution in [3.05, 3.63) is 65.2 Å². The number of fused-ring (bicyclic) bond motifs is 1. The number of rotatable bonds is 2. The van der Waals surface area contributed by atoms with Crippen LogP contribution >= 0.6 is 0 Å². The van der Waals surface area contributed by atoms with Crippen molar-refractivity contribution in [1.29, 1.82) is 0 Å². The fraction of sp³-hybridized carbons (Fsp3) is 0.0556. The summed E-state index contributed by atoms with van der Waals surface area (Å²) in [5, 5.41) is 3.96. The third kappa shape index (κ3) is 3.49. The molecule has 132 valence electrons. The molecule has 0 bridgehead atoms. The number of imide groups is 1. The van der Waals surface area contributed by atoms with Crippen LogP contribution in [0.4, 0.5) is 18.9 Å². The molecule has 0 atom stereocenters. The molecule has 1 aliphatic heterocycles. The molecule has 0 fully saturated rings. The van der Waals surface area contributed by atoms with Crippen LogP contribution in [0.3, 0.4) is 0 Å². The van der Waals surface area contributed by atoms with Gasteiger partial charge in [0.2, 0.25) is 0 Å². The van der Waals surface area contributed by atoms with E-state index < -0.39 is 23.9 Å². The van der Waals surface area contributed by atoms with Gasteiger partial charge in [-0.1, -0.05) is 30.3 Å². The van der Waals surface area contributed by atoms with Crippen molar-refractivity contribution in [2.24, 2.45) is 0 Å². The van der Waals surface area contributed by atoms with E-state index in [0.29, 0.717) is 16.7 Å².